The van der Waals surface area contributed by atoms with Crippen LogP contribution in [0.5, 0.6) is 0 Å². The minimum Gasteiger partial charge on any atom is -0.310 e. The summed E-state index contributed by atoms with van der Waals surface area (Å²) >= 11 is 0. The smallest absolute Gasteiger partial charge is 0.252 e. The molecule has 0 fully saturated rings. The van der Waals surface area contributed by atoms with Crippen molar-refractivity contribution < 1.29 is 6.85 Å². The Morgan fingerprint density at radius 2 is 0.748 bits per heavy atom. The lowest BCUT2D eigenvalue weighted by Gasteiger charge is -2.46. The number of hydrogen-bond acceptors (Lipinski definition) is 2. The molecule has 0 atom stereocenters. The second-order valence-corrected chi connectivity index (χ2v) is 36.4. The van der Waals surface area contributed by atoms with Gasteiger partial charge in [-0.3, -0.25) is 0 Å². The largest absolute Gasteiger partial charge is 0.310 e. The van der Waals surface area contributed by atoms with Crippen molar-refractivity contribution in [3.63, 3.8) is 0 Å². The summed E-state index contributed by atoms with van der Waals surface area (Å²) in [6.07, 6.45) is 0. The van der Waals surface area contributed by atoms with Crippen LogP contribution < -0.4 is 36.6 Å². The van der Waals surface area contributed by atoms with Gasteiger partial charge in [0.15, 0.2) is 0 Å². The Morgan fingerprint density at radius 3 is 1.27 bits per heavy atom. The molecule has 0 unspecified atom stereocenters. The minimum absolute atomic E-state index is 0.105. The first-order valence-electron chi connectivity index (χ1n) is 38.8. The van der Waals surface area contributed by atoms with E-state index in [-0.39, 0.29) is 46.0 Å². The normalized spacial score (nSPS) is 14.3. The number of aromatic nitrogens is 1. The van der Waals surface area contributed by atoms with Gasteiger partial charge >= 0.3 is 0 Å². The minimum atomic E-state index is -2.27. The Balaban J connectivity index is 1.06. The molecule has 498 valence electrons. The Kier molecular flexibility index (Phi) is 13.6. The molecule has 15 aromatic rings. The van der Waals surface area contributed by atoms with Crippen molar-refractivity contribution in [1.82, 2.24) is 4.57 Å². The lowest BCUT2D eigenvalue weighted by molar-refractivity contribution is 0.590. The molecular weight excluding hydrogens is 1260 g/mol. The third kappa shape index (κ3) is 10.4. The topological polar surface area (TPSA) is 11.4 Å². The molecule has 1 aromatic heterocycles. The van der Waals surface area contributed by atoms with Crippen LogP contribution in [-0.2, 0) is 16.2 Å². The zero-order valence-electron chi connectivity index (χ0n) is 65.5. The van der Waals surface area contributed by atoms with E-state index in [1.807, 2.05) is 6.07 Å². The van der Waals surface area contributed by atoms with Crippen LogP contribution in [0.15, 0.2) is 309 Å². The highest BCUT2D eigenvalue weighted by Crippen LogP contribution is 2.56. The van der Waals surface area contributed by atoms with Crippen LogP contribution in [0, 0.1) is 0 Å². The Bertz CT molecular complexity index is 6010. The summed E-state index contributed by atoms with van der Waals surface area (Å²) < 4.78 is 49.1. The van der Waals surface area contributed by atoms with E-state index in [1.165, 1.54) is 49.0 Å². The van der Waals surface area contributed by atoms with Gasteiger partial charge in [-0.05, 0) is 182 Å². The molecule has 0 aliphatic carbocycles. The van der Waals surface area contributed by atoms with Crippen molar-refractivity contribution in [2.24, 2.45) is 0 Å². The van der Waals surface area contributed by atoms with E-state index in [2.05, 4.69) is 363 Å². The van der Waals surface area contributed by atoms with Gasteiger partial charge in [0, 0.05) is 61.5 Å². The first-order chi connectivity index (χ1) is 51.8. The molecule has 0 N–H and O–H groups in total. The molecule has 18 rings (SSSR count). The molecule has 14 aromatic carbocycles. The maximum Gasteiger partial charge on any atom is 0.252 e. The summed E-state index contributed by atoms with van der Waals surface area (Å²) in [4.78, 5) is 5.17. The number of hydrogen-bond donors (Lipinski definition) is 0. The first kappa shape index (κ1) is 58.4. The molecular formula is C98H84BN3Si. The number of para-hydroxylation sites is 1. The zero-order chi connectivity index (χ0) is 74.8. The van der Waals surface area contributed by atoms with Gasteiger partial charge in [0.1, 0.15) is 8.07 Å². The van der Waals surface area contributed by atoms with Crippen molar-refractivity contribution >= 4 is 97.5 Å². The molecule has 0 spiro atoms. The van der Waals surface area contributed by atoms with Gasteiger partial charge in [0.25, 0.3) is 6.71 Å². The number of rotatable bonds is 9. The third-order valence-electron chi connectivity index (χ3n) is 22.3. The maximum atomic E-state index is 9.69. The van der Waals surface area contributed by atoms with E-state index in [4.69, 9.17) is 1.37 Å². The molecule has 3 nitrogen and oxygen atoms in total. The van der Waals surface area contributed by atoms with Gasteiger partial charge in [-0.25, -0.2) is 0 Å². The molecule has 5 heteroatoms. The Hall–Kier alpha value is -11.2. The Morgan fingerprint density at radius 1 is 0.320 bits per heavy atom. The highest BCUT2D eigenvalue weighted by Gasteiger charge is 2.47. The summed E-state index contributed by atoms with van der Waals surface area (Å²) in [5.74, 6) is 0. The SMILES string of the molecule is [2H]c1c([2H])c([2H])c(-c2ccc3c(c2)N(c2c(-c4ccccc4)cccc2-c2ccccc2)c2cc(-c4cccc5c4-c4ccccc4[Si]5(C)C)cc4c2B3c2ccc(-n3c5ccc(C(C)(C)C)cc5c5cc(C(C)(C)C)ccc53)cc2N4c2c(-c3ccccc3)cc(C(C)(C)C)cc2-c2ccccc2)c([2H])c1[2H]. The molecule has 0 amide bonds. The van der Waals surface area contributed by atoms with Crippen molar-refractivity contribution in [3.8, 4) is 83.6 Å². The van der Waals surface area contributed by atoms with E-state index in [1.54, 1.807) is 0 Å². The van der Waals surface area contributed by atoms with Crippen molar-refractivity contribution in [2.45, 2.75) is 91.7 Å². The number of nitrogens with zero attached hydrogens (tertiary/aromatic N) is 3. The van der Waals surface area contributed by atoms with Gasteiger partial charge in [0.05, 0.1) is 29.3 Å². The second-order valence-electron chi connectivity index (χ2n) is 32.1. The molecule has 3 aliphatic rings. The summed E-state index contributed by atoms with van der Waals surface area (Å²) in [5, 5.41) is 5.23. The number of fused-ring (bicyclic) bond motifs is 10. The van der Waals surface area contributed by atoms with Gasteiger partial charge in [-0.1, -0.05) is 318 Å². The van der Waals surface area contributed by atoms with Crippen LogP contribution in [0.1, 0.15) is 85.9 Å². The fourth-order valence-corrected chi connectivity index (χ4v) is 20.1. The zero-order valence-corrected chi connectivity index (χ0v) is 61.5. The van der Waals surface area contributed by atoms with Crippen LogP contribution in [-0.4, -0.2) is 19.4 Å². The van der Waals surface area contributed by atoms with E-state index >= 15 is 0 Å². The predicted octanol–water partition coefficient (Wildman–Crippen LogP) is 23.6. The summed E-state index contributed by atoms with van der Waals surface area (Å²) in [6, 6.07) is 102. The molecule has 0 bridgehead atoms. The van der Waals surface area contributed by atoms with Crippen LogP contribution in [0.3, 0.4) is 0 Å². The standard InChI is InChI=1S/C98H84BN3Si/c1-96(2,3)70-48-53-84-80(58-70)81-59-71(97(4,5)6)49-54-85(81)100(84)73-50-52-83-87(62-73)102(95-78(66-37-23-15-24-38-66)60-72(98(7,8)9)61-79(95)67-39-25-16-26-40-67)89-57-69(74-42-30-46-91-92(74)77-41-27-28-45-90(77)103(91,10)11)56-88-93(89)99(83)82-51-47-68(63-31-17-12-18-32-63)55-86(82)101(88)94-75(64-33-19-13-20-34-64)43-29-44-76(94)65-35-21-14-22-36-65/h12-62H,1-11H3/i12D,17D,18D,31D,32D. The molecule has 103 heavy (non-hydrogen) atoms. The van der Waals surface area contributed by atoms with Gasteiger partial charge in [-0.15, -0.1) is 0 Å². The highest BCUT2D eigenvalue weighted by atomic mass is 28.3. The van der Waals surface area contributed by atoms with E-state index in [0.29, 0.717) is 5.56 Å². The third-order valence-corrected chi connectivity index (χ3v) is 25.9. The van der Waals surface area contributed by atoms with Gasteiger partial charge in [0.2, 0.25) is 0 Å². The number of benzene rings is 14. The lowest BCUT2D eigenvalue weighted by Crippen LogP contribution is -2.61. The van der Waals surface area contributed by atoms with Gasteiger partial charge in [-0.2, -0.15) is 0 Å². The second kappa shape index (κ2) is 23.9. The van der Waals surface area contributed by atoms with E-state index < -0.39 is 20.8 Å². The number of anilines is 6. The van der Waals surface area contributed by atoms with Crippen molar-refractivity contribution in [1.29, 1.82) is 0 Å². The van der Waals surface area contributed by atoms with Crippen molar-refractivity contribution in [2.75, 3.05) is 9.80 Å². The van der Waals surface area contributed by atoms with Crippen LogP contribution in [0.25, 0.3) is 105 Å². The molecule has 0 radical (unpaired) electrons. The lowest BCUT2D eigenvalue weighted by atomic mass is 9.33. The molecule has 4 heterocycles. The molecule has 0 saturated carbocycles. The van der Waals surface area contributed by atoms with Crippen LogP contribution in [0.2, 0.25) is 13.1 Å². The van der Waals surface area contributed by atoms with E-state index in [0.717, 1.165) is 123 Å². The predicted molar refractivity (Wildman–Crippen MR) is 446 cm³/mol. The molecule has 0 saturated heterocycles. The first-order valence-corrected chi connectivity index (χ1v) is 39.3. The highest BCUT2D eigenvalue weighted by molar-refractivity contribution is 7.04. The summed E-state index contributed by atoms with van der Waals surface area (Å²) in [5.41, 5.74) is 29.3. The van der Waals surface area contributed by atoms with Crippen LogP contribution in [0.4, 0.5) is 34.1 Å². The quantitative estimate of drug-likeness (QED) is 0.133. The Labute approximate surface area is 616 Å². The monoisotopic (exact) mass is 1350 g/mol. The summed E-state index contributed by atoms with van der Waals surface area (Å²) in [7, 11) is -2.27. The van der Waals surface area contributed by atoms with Gasteiger partial charge < -0.3 is 14.4 Å². The van der Waals surface area contributed by atoms with Crippen molar-refractivity contribution in [3.05, 3.63) is 326 Å². The summed E-state index contributed by atoms with van der Waals surface area (Å²) in [6.45, 7) is 25.3. The maximum absolute atomic E-state index is 9.69. The van der Waals surface area contributed by atoms with Crippen LogP contribution >= 0.6 is 0 Å². The fraction of sp³-hybridized carbons (Fsp3) is 0.143. The fourth-order valence-electron chi connectivity index (χ4n) is 17.0. The molecule has 3 aliphatic heterocycles. The van der Waals surface area contributed by atoms with E-state index in [9.17, 15) is 5.48 Å². The average Bonchev–Trinajstić information content (AvgIpc) is 0.754. The average molecular weight is 1350 g/mol.